The molecule has 2 N–H and O–H groups in total. The van der Waals surface area contributed by atoms with Gasteiger partial charge < -0.3 is 5.73 Å². The van der Waals surface area contributed by atoms with Crippen LogP contribution in [-0.4, -0.2) is 20.8 Å². The molecule has 2 aromatic rings. The van der Waals surface area contributed by atoms with Crippen molar-refractivity contribution in [2.75, 3.05) is 0 Å². The van der Waals surface area contributed by atoms with E-state index in [9.17, 15) is 0 Å². The van der Waals surface area contributed by atoms with Gasteiger partial charge in [0.15, 0.2) is 0 Å². The Labute approximate surface area is 101 Å². The van der Waals surface area contributed by atoms with Crippen LogP contribution in [0.2, 0.25) is 0 Å². The molecule has 90 valence electrons. The van der Waals surface area contributed by atoms with Gasteiger partial charge in [-0.15, -0.1) is 0 Å². The van der Waals surface area contributed by atoms with E-state index in [-0.39, 0.29) is 6.04 Å². The van der Waals surface area contributed by atoms with Crippen LogP contribution in [0.15, 0.2) is 30.6 Å². The molecule has 0 aromatic carbocycles. The summed E-state index contributed by atoms with van der Waals surface area (Å²) in [6.45, 7) is 2.05. The lowest BCUT2D eigenvalue weighted by molar-refractivity contribution is 0.636. The van der Waals surface area contributed by atoms with Gasteiger partial charge in [0.05, 0.1) is 5.69 Å². The molecule has 1 atom stereocenters. The number of nitrogens with two attached hydrogens (primary N) is 1. The second-order valence-electron chi connectivity index (χ2n) is 4.42. The Hall–Kier alpha value is -1.68. The van der Waals surface area contributed by atoms with Gasteiger partial charge in [0.2, 0.25) is 0 Å². The van der Waals surface area contributed by atoms with Crippen molar-refractivity contribution >= 4 is 0 Å². The van der Waals surface area contributed by atoms with Crippen LogP contribution in [0.25, 0.3) is 0 Å². The molecular weight excluding hydrogens is 212 g/mol. The quantitative estimate of drug-likeness (QED) is 0.859. The van der Waals surface area contributed by atoms with Crippen molar-refractivity contribution in [1.29, 1.82) is 0 Å². The molecule has 0 bridgehead atoms. The van der Waals surface area contributed by atoms with E-state index in [1.165, 1.54) is 5.56 Å². The highest BCUT2D eigenvalue weighted by Crippen LogP contribution is 2.07. The second kappa shape index (κ2) is 5.10. The van der Waals surface area contributed by atoms with Gasteiger partial charge in [-0.25, -0.2) is 0 Å². The number of pyridine rings is 1. The monoisotopic (exact) mass is 230 g/mol. The highest BCUT2D eigenvalue weighted by atomic mass is 15.3. The Morgan fingerprint density at radius 1 is 1.29 bits per heavy atom. The molecule has 4 nitrogen and oxygen atoms in total. The molecule has 2 rings (SSSR count). The lowest BCUT2D eigenvalue weighted by Gasteiger charge is -2.09. The third kappa shape index (κ3) is 3.14. The SMILES string of the molecule is Cc1cc(CC(N)Cc2ccncc2)nn1C. The molecule has 4 heteroatoms. The van der Waals surface area contributed by atoms with Crippen LogP contribution < -0.4 is 5.73 Å². The molecular formula is C13H18N4. The van der Waals surface area contributed by atoms with Crippen molar-refractivity contribution in [3.8, 4) is 0 Å². The number of hydrogen-bond acceptors (Lipinski definition) is 3. The van der Waals surface area contributed by atoms with Crippen LogP contribution in [0, 0.1) is 6.92 Å². The van der Waals surface area contributed by atoms with Crippen LogP contribution in [0.4, 0.5) is 0 Å². The number of rotatable bonds is 4. The molecule has 0 spiro atoms. The van der Waals surface area contributed by atoms with Crippen molar-refractivity contribution < 1.29 is 0 Å². The molecule has 0 aliphatic carbocycles. The maximum Gasteiger partial charge on any atom is 0.0642 e. The Morgan fingerprint density at radius 2 is 2.00 bits per heavy atom. The van der Waals surface area contributed by atoms with Crippen LogP contribution >= 0.6 is 0 Å². The van der Waals surface area contributed by atoms with Gasteiger partial charge in [-0.3, -0.25) is 9.67 Å². The van der Waals surface area contributed by atoms with Crippen LogP contribution in [0.5, 0.6) is 0 Å². The smallest absolute Gasteiger partial charge is 0.0642 e. The zero-order chi connectivity index (χ0) is 12.3. The van der Waals surface area contributed by atoms with E-state index in [4.69, 9.17) is 5.73 Å². The summed E-state index contributed by atoms with van der Waals surface area (Å²) >= 11 is 0. The first-order valence-electron chi connectivity index (χ1n) is 5.79. The number of nitrogens with zero attached hydrogens (tertiary/aromatic N) is 3. The van der Waals surface area contributed by atoms with E-state index < -0.39 is 0 Å². The zero-order valence-corrected chi connectivity index (χ0v) is 10.3. The van der Waals surface area contributed by atoms with E-state index in [1.54, 1.807) is 12.4 Å². The minimum Gasteiger partial charge on any atom is -0.327 e. The summed E-state index contributed by atoms with van der Waals surface area (Å²) in [5.74, 6) is 0. The van der Waals surface area contributed by atoms with Gasteiger partial charge >= 0.3 is 0 Å². The Balaban J connectivity index is 1.95. The van der Waals surface area contributed by atoms with E-state index in [2.05, 4.69) is 16.1 Å². The van der Waals surface area contributed by atoms with E-state index in [0.29, 0.717) is 0 Å². The summed E-state index contributed by atoms with van der Waals surface area (Å²) in [5, 5.41) is 4.42. The molecule has 1 unspecified atom stereocenters. The molecule has 17 heavy (non-hydrogen) atoms. The Bertz CT molecular complexity index is 456. The average molecular weight is 230 g/mol. The first kappa shape index (κ1) is 11.8. The van der Waals surface area contributed by atoms with Crippen molar-refractivity contribution in [1.82, 2.24) is 14.8 Å². The lowest BCUT2D eigenvalue weighted by atomic mass is 10.0. The summed E-state index contributed by atoms with van der Waals surface area (Å²) in [4.78, 5) is 4.00. The van der Waals surface area contributed by atoms with E-state index >= 15 is 0 Å². The third-order valence-electron chi connectivity index (χ3n) is 2.88. The standard InChI is InChI=1S/C13H18N4/c1-10-7-13(16-17(10)2)9-12(14)8-11-3-5-15-6-4-11/h3-7,12H,8-9,14H2,1-2H3. The molecule has 0 amide bonds. The normalized spacial score (nSPS) is 12.6. The third-order valence-corrected chi connectivity index (χ3v) is 2.88. The summed E-state index contributed by atoms with van der Waals surface area (Å²) in [6, 6.07) is 6.20. The van der Waals surface area contributed by atoms with Gasteiger partial charge in [0.25, 0.3) is 0 Å². The highest BCUT2D eigenvalue weighted by molar-refractivity contribution is 5.14. The lowest BCUT2D eigenvalue weighted by Crippen LogP contribution is -2.25. The van der Waals surface area contributed by atoms with Crippen LogP contribution in [-0.2, 0) is 19.9 Å². The number of aromatic nitrogens is 3. The Kier molecular flexibility index (Phi) is 3.54. The van der Waals surface area contributed by atoms with Crippen molar-refractivity contribution in [3.63, 3.8) is 0 Å². The molecule has 0 aliphatic heterocycles. The van der Waals surface area contributed by atoms with Gasteiger partial charge in [-0.1, -0.05) is 0 Å². The summed E-state index contributed by atoms with van der Waals surface area (Å²) < 4.78 is 1.88. The van der Waals surface area contributed by atoms with Crippen LogP contribution in [0.3, 0.4) is 0 Å². The summed E-state index contributed by atoms with van der Waals surface area (Å²) in [6.07, 6.45) is 5.27. The predicted molar refractivity (Wildman–Crippen MR) is 67.6 cm³/mol. The maximum atomic E-state index is 6.13. The first-order valence-corrected chi connectivity index (χ1v) is 5.79. The molecule has 0 fully saturated rings. The predicted octanol–water partition coefficient (Wildman–Crippen LogP) is 1.24. The van der Waals surface area contributed by atoms with Gasteiger partial charge in [0.1, 0.15) is 0 Å². The fraction of sp³-hybridized carbons (Fsp3) is 0.385. The molecule has 2 aromatic heterocycles. The summed E-state index contributed by atoms with van der Waals surface area (Å²) in [7, 11) is 1.95. The second-order valence-corrected chi connectivity index (χ2v) is 4.42. The van der Waals surface area contributed by atoms with E-state index in [0.717, 1.165) is 24.2 Å². The number of aryl methyl sites for hydroxylation is 2. The van der Waals surface area contributed by atoms with Gasteiger partial charge in [-0.2, -0.15) is 5.10 Å². The average Bonchev–Trinajstić information content (AvgIpc) is 2.59. The maximum absolute atomic E-state index is 6.13. The molecule has 0 saturated heterocycles. The fourth-order valence-corrected chi connectivity index (χ4v) is 1.90. The topological polar surface area (TPSA) is 56.7 Å². The number of hydrogen-bond donors (Lipinski definition) is 1. The van der Waals surface area contributed by atoms with Crippen molar-refractivity contribution in [2.24, 2.45) is 12.8 Å². The first-order chi connectivity index (χ1) is 8.15. The largest absolute Gasteiger partial charge is 0.327 e. The minimum atomic E-state index is 0.103. The van der Waals surface area contributed by atoms with Crippen LogP contribution in [0.1, 0.15) is 17.0 Å². The van der Waals surface area contributed by atoms with Crippen molar-refractivity contribution in [3.05, 3.63) is 47.5 Å². The molecule has 2 heterocycles. The summed E-state index contributed by atoms with van der Waals surface area (Å²) in [5.41, 5.74) is 9.57. The molecule has 0 aliphatic rings. The highest BCUT2D eigenvalue weighted by Gasteiger charge is 2.08. The molecule has 0 saturated carbocycles. The zero-order valence-electron chi connectivity index (χ0n) is 10.3. The van der Waals surface area contributed by atoms with Gasteiger partial charge in [-0.05, 0) is 37.1 Å². The van der Waals surface area contributed by atoms with E-state index in [1.807, 2.05) is 30.8 Å². The van der Waals surface area contributed by atoms with Gasteiger partial charge in [0, 0.05) is 37.6 Å². The molecule has 0 radical (unpaired) electrons. The minimum absolute atomic E-state index is 0.103. The fourth-order valence-electron chi connectivity index (χ4n) is 1.90. The Morgan fingerprint density at radius 3 is 2.59 bits per heavy atom. The van der Waals surface area contributed by atoms with Crippen molar-refractivity contribution in [2.45, 2.75) is 25.8 Å².